The highest BCUT2D eigenvalue weighted by Crippen LogP contribution is 2.20. The highest BCUT2D eigenvalue weighted by molar-refractivity contribution is 5.93. The van der Waals surface area contributed by atoms with E-state index in [0.29, 0.717) is 30.9 Å². The van der Waals surface area contributed by atoms with Crippen LogP contribution in [0.4, 0.5) is 5.69 Å². The van der Waals surface area contributed by atoms with Crippen molar-refractivity contribution in [2.45, 2.75) is 6.42 Å². The summed E-state index contributed by atoms with van der Waals surface area (Å²) in [5.41, 5.74) is 1.88. The van der Waals surface area contributed by atoms with Crippen LogP contribution in [0.25, 0.3) is 0 Å². The molecule has 7 nitrogen and oxygen atoms in total. The largest absolute Gasteiger partial charge is 0.367 e. The molecule has 0 saturated carbocycles. The summed E-state index contributed by atoms with van der Waals surface area (Å²) < 4.78 is 1.63. The molecule has 7 heteroatoms. The Balaban J connectivity index is 1.72. The van der Waals surface area contributed by atoms with Crippen molar-refractivity contribution in [1.29, 1.82) is 5.26 Å². The van der Waals surface area contributed by atoms with E-state index in [1.54, 1.807) is 30.3 Å². The highest BCUT2D eigenvalue weighted by atomic mass is 16.2. The lowest BCUT2D eigenvalue weighted by Crippen LogP contribution is -2.35. The second-order valence-electron chi connectivity index (χ2n) is 5.52. The fourth-order valence-corrected chi connectivity index (χ4v) is 2.81. The molecule has 118 valence electrons. The Bertz CT molecular complexity index is 747. The van der Waals surface area contributed by atoms with E-state index in [4.69, 9.17) is 0 Å². The lowest BCUT2D eigenvalue weighted by atomic mass is 10.2. The van der Waals surface area contributed by atoms with Gasteiger partial charge in [-0.25, -0.2) is 4.98 Å². The molecule has 0 bridgehead atoms. The van der Waals surface area contributed by atoms with Crippen molar-refractivity contribution in [2.24, 2.45) is 7.05 Å². The Kier molecular flexibility index (Phi) is 4.24. The molecule has 23 heavy (non-hydrogen) atoms. The number of pyridine rings is 1. The van der Waals surface area contributed by atoms with Crippen molar-refractivity contribution < 1.29 is 4.79 Å². The number of rotatable bonds is 2. The van der Waals surface area contributed by atoms with Gasteiger partial charge in [-0.3, -0.25) is 9.48 Å². The number of carbonyl (C=O) groups excluding carboxylic acids is 1. The van der Waals surface area contributed by atoms with Crippen LogP contribution in [0.3, 0.4) is 0 Å². The maximum Gasteiger partial charge on any atom is 0.257 e. The smallest absolute Gasteiger partial charge is 0.257 e. The fourth-order valence-electron chi connectivity index (χ4n) is 2.81. The molecule has 1 amide bonds. The average molecular weight is 310 g/mol. The zero-order valence-electron chi connectivity index (χ0n) is 13.0. The minimum atomic E-state index is 0.00615. The van der Waals surface area contributed by atoms with E-state index < -0.39 is 0 Å². The maximum atomic E-state index is 12.5. The molecule has 1 fully saturated rings. The summed E-state index contributed by atoms with van der Waals surface area (Å²) in [6.45, 7) is 2.81. The van der Waals surface area contributed by atoms with Crippen molar-refractivity contribution in [3.63, 3.8) is 0 Å². The van der Waals surface area contributed by atoms with E-state index in [0.717, 1.165) is 18.7 Å². The number of anilines is 1. The summed E-state index contributed by atoms with van der Waals surface area (Å²) in [7, 11) is 1.80. The third-order valence-corrected chi connectivity index (χ3v) is 3.97. The van der Waals surface area contributed by atoms with Gasteiger partial charge in [0, 0.05) is 45.6 Å². The topological polar surface area (TPSA) is 78.0 Å². The molecular formula is C16H18N6O. The number of carbonyl (C=O) groups is 1. The molecule has 1 aliphatic rings. The lowest BCUT2D eigenvalue weighted by Gasteiger charge is -2.23. The Hall–Kier alpha value is -2.88. The third kappa shape index (κ3) is 3.16. The van der Waals surface area contributed by atoms with Gasteiger partial charge in [0.2, 0.25) is 0 Å². The third-order valence-electron chi connectivity index (χ3n) is 3.97. The van der Waals surface area contributed by atoms with Crippen LogP contribution in [-0.2, 0) is 7.05 Å². The number of amides is 1. The first kappa shape index (κ1) is 15.0. The molecule has 0 aromatic carbocycles. The Morgan fingerprint density at radius 1 is 1.30 bits per heavy atom. The van der Waals surface area contributed by atoms with Gasteiger partial charge in [0.05, 0.1) is 17.4 Å². The van der Waals surface area contributed by atoms with Crippen LogP contribution in [0.15, 0.2) is 30.7 Å². The van der Waals surface area contributed by atoms with Crippen LogP contribution in [-0.4, -0.2) is 51.8 Å². The Labute approximate surface area is 134 Å². The summed E-state index contributed by atoms with van der Waals surface area (Å²) in [6, 6.07) is 5.87. The van der Waals surface area contributed by atoms with Gasteiger partial charge in [-0.15, -0.1) is 0 Å². The molecule has 1 aliphatic heterocycles. The number of hydrogen-bond donors (Lipinski definition) is 0. The van der Waals surface area contributed by atoms with Gasteiger partial charge < -0.3 is 9.80 Å². The minimum Gasteiger partial charge on any atom is -0.367 e. The van der Waals surface area contributed by atoms with Gasteiger partial charge >= 0.3 is 0 Å². The molecule has 1 saturated heterocycles. The molecule has 0 radical (unpaired) electrons. The van der Waals surface area contributed by atoms with Gasteiger partial charge in [-0.05, 0) is 18.6 Å². The monoisotopic (exact) mass is 310 g/mol. The maximum absolute atomic E-state index is 12.5. The van der Waals surface area contributed by atoms with Gasteiger partial charge in [0.1, 0.15) is 6.07 Å². The summed E-state index contributed by atoms with van der Waals surface area (Å²) in [4.78, 5) is 20.6. The number of hydrogen-bond acceptors (Lipinski definition) is 5. The SMILES string of the molecule is Cn1cc(C(=O)N2CCCN(c3cccnc3C#N)CC2)cn1. The molecule has 0 spiro atoms. The predicted octanol–water partition coefficient (Wildman–Crippen LogP) is 1.04. The summed E-state index contributed by atoms with van der Waals surface area (Å²) >= 11 is 0. The Morgan fingerprint density at radius 2 is 2.17 bits per heavy atom. The zero-order chi connectivity index (χ0) is 16.2. The first-order valence-electron chi connectivity index (χ1n) is 7.57. The fraction of sp³-hybridized carbons (Fsp3) is 0.375. The first-order valence-corrected chi connectivity index (χ1v) is 7.57. The highest BCUT2D eigenvalue weighted by Gasteiger charge is 2.22. The molecule has 2 aromatic rings. The van der Waals surface area contributed by atoms with Crippen LogP contribution in [0.1, 0.15) is 22.5 Å². The molecule has 0 unspecified atom stereocenters. The van der Waals surface area contributed by atoms with Crippen molar-refractivity contribution >= 4 is 11.6 Å². The molecule has 3 rings (SSSR count). The van der Waals surface area contributed by atoms with Gasteiger partial charge in [-0.2, -0.15) is 10.4 Å². The van der Waals surface area contributed by atoms with Crippen molar-refractivity contribution in [3.05, 3.63) is 42.0 Å². The summed E-state index contributed by atoms with van der Waals surface area (Å²) in [5, 5.41) is 13.3. The van der Waals surface area contributed by atoms with Crippen molar-refractivity contribution in [3.8, 4) is 6.07 Å². The number of aromatic nitrogens is 3. The van der Waals surface area contributed by atoms with Gasteiger partial charge in [0.25, 0.3) is 5.91 Å². The van der Waals surface area contributed by atoms with E-state index in [-0.39, 0.29) is 5.91 Å². The predicted molar refractivity (Wildman–Crippen MR) is 84.9 cm³/mol. The van der Waals surface area contributed by atoms with E-state index >= 15 is 0 Å². The number of aryl methyl sites for hydroxylation is 1. The number of nitriles is 1. The van der Waals surface area contributed by atoms with Crippen molar-refractivity contribution in [1.82, 2.24) is 19.7 Å². The molecule has 0 aliphatic carbocycles. The number of nitrogens with zero attached hydrogens (tertiary/aromatic N) is 6. The first-order chi connectivity index (χ1) is 11.2. The van der Waals surface area contributed by atoms with Crippen molar-refractivity contribution in [2.75, 3.05) is 31.1 Å². The molecule has 3 heterocycles. The normalized spacial score (nSPS) is 15.1. The van der Waals surface area contributed by atoms with Crippen LogP contribution in [0, 0.1) is 11.3 Å². The summed E-state index contributed by atoms with van der Waals surface area (Å²) in [6.07, 6.45) is 5.81. The standard InChI is InChI=1S/C16H18N6O/c1-20-12-13(11-19-20)16(23)22-7-3-6-21(8-9-22)15-4-2-5-18-14(15)10-17/h2,4-5,11-12H,3,6-9H2,1H3. The quantitative estimate of drug-likeness (QED) is 0.828. The average Bonchev–Trinajstić information content (AvgIpc) is 2.87. The van der Waals surface area contributed by atoms with Crippen LogP contribution in [0.2, 0.25) is 0 Å². The second kappa shape index (κ2) is 6.48. The van der Waals surface area contributed by atoms with E-state index in [1.807, 2.05) is 17.0 Å². The molecular weight excluding hydrogens is 292 g/mol. The molecule has 0 N–H and O–H groups in total. The zero-order valence-corrected chi connectivity index (χ0v) is 13.0. The second-order valence-corrected chi connectivity index (χ2v) is 5.52. The van der Waals surface area contributed by atoms with E-state index in [9.17, 15) is 10.1 Å². The molecule has 0 atom stereocenters. The Morgan fingerprint density at radius 3 is 2.91 bits per heavy atom. The molecule has 2 aromatic heterocycles. The summed E-state index contributed by atoms with van der Waals surface area (Å²) in [5.74, 6) is 0.00615. The van der Waals surface area contributed by atoms with Crippen LogP contribution >= 0.6 is 0 Å². The van der Waals surface area contributed by atoms with Gasteiger partial charge in [-0.1, -0.05) is 0 Å². The lowest BCUT2D eigenvalue weighted by molar-refractivity contribution is 0.0767. The van der Waals surface area contributed by atoms with Crippen LogP contribution < -0.4 is 4.90 Å². The van der Waals surface area contributed by atoms with Crippen LogP contribution in [0.5, 0.6) is 0 Å². The van der Waals surface area contributed by atoms with Gasteiger partial charge in [0.15, 0.2) is 5.69 Å². The minimum absolute atomic E-state index is 0.00615. The van der Waals surface area contributed by atoms with E-state index in [1.165, 1.54) is 0 Å². The van der Waals surface area contributed by atoms with E-state index in [2.05, 4.69) is 21.1 Å².